The van der Waals surface area contributed by atoms with Crippen molar-refractivity contribution in [2.24, 2.45) is 11.8 Å². The summed E-state index contributed by atoms with van der Waals surface area (Å²) in [5, 5.41) is 3.83. The van der Waals surface area contributed by atoms with Crippen molar-refractivity contribution in [3.05, 3.63) is 117 Å². The second kappa shape index (κ2) is 16.7. The van der Waals surface area contributed by atoms with Gasteiger partial charge in [-0.25, -0.2) is 9.59 Å². The average molecular weight is 767 g/mol. The number of alkyl halides is 2. The number of pyridine rings is 1. The Morgan fingerprint density at radius 2 is 1.64 bits per heavy atom. The number of anilines is 1. The van der Waals surface area contributed by atoms with Gasteiger partial charge in [-0.05, 0) is 97.6 Å². The van der Waals surface area contributed by atoms with Gasteiger partial charge in [0.1, 0.15) is 12.2 Å². The Labute approximate surface area is 316 Å². The summed E-state index contributed by atoms with van der Waals surface area (Å²) < 4.78 is 49.4. The maximum Gasteiger partial charge on any atom is 0.387 e. The van der Waals surface area contributed by atoms with E-state index >= 15 is 0 Å². The van der Waals surface area contributed by atoms with Gasteiger partial charge in [-0.1, -0.05) is 65.7 Å². The van der Waals surface area contributed by atoms with Crippen LogP contribution in [0.2, 0.25) is 10.0 Å². The van der Waals surface area contributed by atoms with E-state index in [9.17, 15) is 18.4 Å². The van der Waals surface area contributed by atoms with Crippen LogP contribution in [-0.4, -0.2) is 60.8 Å². The first-order chi connectivity index (χ1) is 25.7. The zero-order valence-electron chi connectivity index (χ0n) is 28.8. The molecule has 4 fully saturated rings. The van der Waals surface area contributed by atoms with Crippen molar-refractivity contribution < 1.29 is 37.3 Å². The first-order valence-electron chi connectivity index (χ1n) is 17.7. The van der Waals surface area contributed by atoms with E-state index in [-0.39, 0.29) is 39.6 Å². The van der Waals surface area contributed by atoms with Crippen molar-refractivity contribution in [1.29, 1.82) is 0 Å². The molecule has 8 rings (SSSR count). The van der Waals surface area contributed by atoms with Crippen LogP contribution in [0.25, 0.3) is 0 Å². The molecule has 278 valence electrons. The second-order valence-electron chi connectivity index (χ2n) is 13.7. The zero-order chi connectivity index (χ0) is 36.9. The summed E-state index contributed by atoms with van der Waals surface area (Å²) in [5.74, 6) is -0.422. The number of hydrogen-bond donors (Lipinski definition) is 1. The molecule has 1 aromatic heterocycles. The third kappa shape index (κ3) is 9.38. The molecule has 3 aromatic carbocycles. The number of esters is 2. The molecule has 13 heteroatoms. The summed E-state index contributed by atoms with van der Waals surface area (Å²) in [6.07, 6.45) is 5.76. The molecule has 53 heavy (non-hydrogen) atoms. The molecule has 4 aromatic rings. The monoisotopic (exact) mass is 765 g/mol. The minimum Gasteiger partial charge on any atom is -0.489 e. The Morgan fingerprint density at radius 3 is 2.32 bits per heavy atom. The number of ether oxygens (including phenoxy) is 4. The van der Waals surface area contributed by atoms with Gasteiger partial charge in [0.15, 0.2) is 17.5 Å². The highest BCUT2D eigenvalue weighted by Gasteiger charge is 2.38. The molecule has 1 saturated carbocycles. The van der Waals surface area contributed by atoms with Crippen molar-refractivity contribution in [2.75, 3.05) is 31.6 Å². The number of fused-ring (bicyclic) bond motifs is 3. The normalized spacial score (nSPS) is 20.4. The number of piperidine rings is 3. The van der Waals surface area contributed by atoms with E-state index in [2.05, 4.69) is 15.2 Å². The molecule has 0 radical (unpaired) electrons. The van der Waals surface area contributed by atoms with Crippen molar-refractivity contribution in [3.8, 4) is 11.5 Å². The van der Waals surface area contributed by atoms with E-state index in [1.54, 1.807) is 24.3 Å². The lowest BCUT2D eigenvalue weighted by molar-refractivity contribution is -0.159. The lowest BCUT2D eigenvalue weighted by atomic mass is 9.86. The predicted molar refractivity (Wildman–Crippen MR) is 196 cm³/mol. The molecule has 0 unspecified atom stereocenters. The van der Waals surface area contributed by atoms with Crippen LogP contribution in [0.3, 0.4) is 0 Å². The summed E-state index contributed by atoms with van der Waals surface area (Å²) in [6, 6.07) is 19.5. The highest BCUT2D eigenvalue weighted by atomic mass is 35.5. The SMILES string of the molecule is O=C(O[C@@H](Cc1c(Cl)cncc1Cl)c1ccc(OC(F)F)c(OCC2CC2)c1)c1cccc(N[C@H](C(=O)O[C@H]2CN3CCC2CC3)c2ccccc2)c1. The molecule has 0 amide bonds. The van der Waals surface area contributed by atoms with Crippen LogP contribution in [0.1, 0.15) is 64.9 Å². The Kier molecular flexibility index (Phi) is 11.6. The van der Waals surface area contributed by atoms with E-state index in [1.165, 1.54) is 30.6 Å². The van der Waals surface area contributed by atoms with Gasteiger partial charge in [0.05, 0.1) is 22.2 Å². The van der Waals surface area contributed by atoms with Gasteiger partial charge in [-0.2, -0.15) is 8.78 Å². The molecule has 4 aliphatic rings. The summed E-state index contributed by atoms with van der Waals surface area (Å²) in [6.45, 7) is 0.0639. The van der Waals surface area contributed by atoms with Crippen molar-refractivity contribution in [2.45, 2.75) is 57.0 Å². The number of carbonyl (C=O) groups is 2. The highest BCUT2D eigenvalue weighted by Crippen LogP contribution is 2.38. The molecule has 4 heterocycles. The standard InChI is InChI=1S/C40H39Cl2F2N3O6/c41-31-20-45-21-32(42)30(31)19-34(27-11-12-33(53-40(43)44)35(18-27)50-23-24-9-10-24)51-38(48)28-7-4-8-29(17-28)46-37(26-5-2-1-3-6-26)39(49)52-36-22-47-15-13-25(36)14-16-47/h1-8,11-12,17-18,20-21,24-25,34,36-37,40,46H,9-10,13-16,19,22-23H2/t34-,36-,37-/m0/s1. The predicted octanol–water partition coefficient (Wildman–Crippen LogP) is 8.71. The lowest BCUT2D eigenvalue weighted by Gasteiger charge is -2.44. The first-order valence-corrected chi connectivity index (χ1v) is 18.5. The number of hydrogen-bond acceptors (Lipinski definition) is 9. The van der Waals surface area contributed by atoms with Crippen LogP contribution in [0.4, 0.5) is 14.5 Å². The van der Waals surface area contributed by atoms with Gasteiger partial charge in [0.2, 0.25) is 0 Å². The van der Waals surface area contributed by atoms with Crippen LogP contribution in [0, 0.1) is 11.8 Å². The third-order valence-electron chi connectivity index (χ3n) is 9.96. The number of carbonyl (C=O) groups excluding carboxylic acids is 2. The maximum absolute atomic E-state index is 13.9. The average Bonchev–Trinajstić information content (AvgIpc) is 4.00. The second-order valence-corrected chi connectivity index (χ2v) is 14.5. The number of nitrogens with one attached hydrogen (secondary N) is 1. The van der Waals surface area contributed by atoms with Crippen molar-refractivity contribution in [3.63, 3.8) is 0 Å². The molecular formula is C40H39Cl2F2N3O6. The van der Waals surface area contributed by atoms with Gasteiger partial charge in [-0.3, -0.25) is 9.88 Å². The number of halogens is 4. The van der Waals surface area contributed by atoms with Crippen LogP contribution >= 0.6 is 23.2 Å². The fraction of sp³-hybridized carbons (Fsp3) is 0.375. The number of nitrogens with zero attached hydrogens (tertiary/aromatic N) is 2. The van der Waals surface area contributed by atoms with E-state index in [0.29, 0.717) is 35.3 Å². The Balaban J connectivity index is 1.13. The van der Waals surface area contributed by atoms with Crippen molar-refractivity contribution in [1.82, 2.24) is 9.88 Å². The summed E-state index contributed by atoms with van der Waals surface area (Å²) in [5.41, 5.74) is 2.35. The van der Waals surface area contributed by atoms with Gasteiger partial charge in [0, 0.05) is 31.0 Å². The van der Waals surface area contributed by atoms with Gasteiger partial charge in [0.25, 0.3) is 0 Å². The molecular weight excluding hydrogens is 727 g/mol. The van der Waals surface area contributed by atoms with E-state index in [4.69, 9.17) is 42.1 Å². The minimum absolute atomic E-state index is 0.0441. The Bertz CT molecular complexity index is 1890. The minimum atomic E-state index is -3.06. The molecule has 1 N–H and O–H groups in total. The Morgan fingerprint density at radius 1 is 0.887 bits per heavy atom. The molecule has 9 nitrogen and oxygen atoms in total. The molecule has 3 atom stereocenters. The fourth-order valence-electron chi connectivity index (χ4n) is 6.85. The number of aromatic nitrogens is 1. The largest absolute Gasteiger partial charge is 0.489 e. The number of rotatable bonds is 15. The topological polar surface area (TPSA) is 99.2 Å². The maximum atomic E-state index is 13.9. The van der Waals surface area contributed by atoms with Crippen molar-refractivity contribution >= 4 is 40.8 Å². The molecule has 0 spiro atoms. The smallest absolute Gasteiger partial charge is 0.387 e. The molecule has 3 saturated heterocycles. The van der Waals surface area contributed by atoms with E-state index in [0.717, 1.165) is 50.9 Å². The fourth-order valence-corrected chi connectivity index (χ4v) is 7.37. The summed E-state index contributed by atoms with van der Waals surface area (Å²) in [7, 11) is 0. The van der Waals surface area contributed by atoms with Crippen LogP contribution in [-0.2, 0) is 20.7 Å². The first kappa shape index (κ1) is 36.9. The van der Waals surface area contributed by atoms with E-state index in [1.807, 2.05) is 30.3 Å². The van der Waals surface area contributed by atoms with Gasteiger partial charge < -0.3 is 24.3 Å². The van der Waals surface area contributed by atoms with Gasteiger partial charge in [-0.15, -0.1) is 0 Å². The molecule has 2 bridgehead atoms. The summed E-state index contributed by atoms with van der Waals surface area (Å²) >= 11 is 13.0. The van der Waals surface area contributed by atoms with Gasteiger partial charge >= 0.3 is 18.6 Å². The number of benzene rings is 3. The highest BCUT2D eigenvalue weighted by molar-refractivity contribution is 6.35. The molecule has 1 aliphatic carbocycles. The quantitative estimate of drug-likeness (QED) is 0.119. The van der Waals surface area contributed by atoms with E-state index < -0.39 is 30.7 Å². The summed E-state index contributed by atoms with van der Waals surface area (Å²) in [4.78, 5) is 34.0. The van der Waals surface area contributed by atoms with Crippen LogP contribution < -0.4 is 14.8 Å². The Hall–Kier alpha value is -4.45. The third-order valence-corrected chi connectivity index (χ3v) is 10.6. The van der Waals surface area contributed by atoms with Crippen LogP contribution in [0.5, 0.6) is 11.5 Å². The molecule has 3 aliphatic heterocycles. The lowest BCUT2D eigenvalue weighted by Crippen LogP contribution is -2.52. The van der Waals surface area contributed by atoms with Crippen LogP contribution in [0.15, 0.2) is 85.2 Å². The zero-order valence-corrected chi connectivity index (χ0v) is 30.3.